The Morgan fingerprint density at radius 3 is 2.00 bits per heavy atom. The summed E-state index contributed by atoms with van der Waals surface area (Å²) in [6.07, 6.45) is -9.43. The number of alkyl halides is 6. The van der Waals surface area contributed by atoms with Crippen molar-refractivity contribution in [1.29, 1.82) is 0 Å². The van der Waals surface area contributed by atoms with Gasteiger partial charge >= 0.3 is 12.4 Å². The maximum atomic E-state index is 13.0. The Hall–Kier alpha value is -2.71. The first-order valence-corrected chi connectivity index (χ1v) is 8.72. The van der Waals surface area contributed by atoms with E-state index in [4.69, 9.17) is 4.74 Å². The van der Waals surface area contributed by atoms with E-state index < -0.39 is 35.0 Å². The van der Waals surface area contributed by atoms with Crippen molar-refractivity contribution in [2.75, 3.05) is 20.2 Å². The molecule has 0 aliphatic carbocycles. The summed E-state index contributed by atoms with van der Waals surface area (Å²) in [6.45, 7) is 0.454. The normalized spacial score (nSPS) is 17.5. The highest BCUT2D eigenvalue weighted by Gasteiger charge is 2.38. The van der Waals surface area contributed by atoms with Crippen LogP contribution in [-0.4, -0.2) is 31.0 Å². The van der Waals surface area contributed by atoms with Crippen LogP contribution in [0.1, 0.15) is 39.4 Å². The fraction of sp³-hybridized carbons (Fsp3) is 0.350. The van der Waals surface area contributed by atoms with Gasteiger partial charge < -0.3 is 9.64 Å². The molecule has 0 spiro atoms. The van der Waals surface area contributed by atoms with Crippen LogP contribution in [-0.2, 0) is 12.4 Å². The molecule has 1 unspecified atom stereocenters. The Balaban J connectivity index is 1.84. The SMILES string of the molecule is COc1ccc(C2CCN(C(=O)c3cc(C(F)(F)F)cc(C(F)(F)F)c3)C2)cc1. The van der Waals surface area contributed by atoms with Crippen LogP contribution < -0.4 is 4.74 Å². The maximum absolute atomic E-state index is 13.0. The van der Waals surface area contributed by atoms with Crippen molar-refractivity contribution in [3.05, 3.63) is 64.7 Å². The number of halogens is 6. The van der Waals surface area contributed by atoms with Gasteiger partial charge in [0.1, 0.15) is 5.75 Å². The Labute approximate surface area is 162 Å². The van der Waals surface area contributed by atoms with Crippen molar-refractivity contribution in [2.24, 2.45) is 0 Å². The van der Waals surface area contributed by atoms with E-state index in [0.717, 1.165) is 5.56 Å². The second kappa shape index (κ2) is 7.61. The first-order chi connectivity index (χ1) is 13.5. The van der Waals surface area contributed by atoms with E-state index >= 15 is 0 Å². The van der Waals surface area contributed by atoms with Crippen molar-refractivity contribution in [3.63, 3.8) is 0 Å². The number of hydrogen-bond acceptors (Lipinski definition) is 2. The Bertz CT molecular complexity index is 857. The maximum Gasteiger partial charge on any atom is 0.416 e. The van der Waals surface area contributed by atoms with Crippen LogP contribution in [0.5, 0.6) is 5.75 Å². The quantitative estimate of drug-likeness (QED) is 0.629. The van der Waals surface area contributed by atoms with Crippen molar-refractivity contribution in [1.82, 2.24) is 4.90 Å². The van der Waals surface area contributed by atoms with Crippen LogP contribution in [0.3, 0.4) is 0 Å². The van der Waals surface area contributed by atoms with Gasteiger partial charge in [-0.25, -0.2) is 0 Å². The number of likely N-dealkylation sites (tertiary alicyclic amines) is 1. The van der Waals surface area contributed by atoms with Crippen LogP contribution in [0.15, 0.2) is 42.5 Å². The molecule has 29 heavy (non-hydrogen) atoms. The van der Waals surface area contributed by atoms with E-state index in [1.807, 2.05) is 12.1 Å². The van der Waals surface area contributed by atoms with Gasteiger partial charge in [-0.15, -0.1) is 0 Å². The number of carbonyl (C=O) groups excluding carboxylic acids is 1. The minimum Gasteiger partial charge on any atom is -0.497 e. The lowest BCUT2D eigenvalue weighted by atomic mass is 9.98. The second-order valence-electron chi connectivity index (χ2n) is 6.80. The molecule has 2 aromatic rings. The van der Waals surface area contributed by atoms with E-state index in [0.29, 0.717) is 24.3 Å². The molecule has 0 bridgehead atoms. The molecule has 0 radical (unpaired) electrons. The van der Waals surface area contributed by atoms with Crippen LogP contribution in [0.4, 0.5) is 26.3 Å². The summed E-state index contributed by atoms with van der Waals surface area (Å²) in [6, 6.07) is 8.11. The van der Waals surface area contributed by atoms with Gasteiger partial charge in [-0.1, -0.05) is 12.1 Å². The summed E-state index contributed by atoms with van der Waals surface area (Å²) in [5, 5.41) is 0. The number of amides is 1. The summed E-state index contributed by atoms with van der Waals surface area (Å²) in [5.74, 6) is -0.251. The van der Waals surface area contributed by atoms with Gasteiger partial charge in [-0.05, 0) is 42.3 Å². The summed E-state index contributed by atoms with van der Waals surface area (Å²) in [4.78, 5) is 13.9. The van der Waals surface area contributed by atoms with E-state index in [1.165, 1.54) is 12.0 Å². The largest absolute Gasteiger partial charge is 0.497 e. The third-order valence-corrected chi connectivity index (χ3v) is 4.90. The molecule has 2 aromatic carbocycles. The number of rotatable bonds is 3. The molecule has 1 aliphatic heterocycles. The standard InChI is InChI=1S/C20H17F6NO2/c1-29-17-4-2-12(3-5-17)13-6-7-27(11-13)18(28)14-8-15(19(21,22)23)10-16(9-14)20(24,25)26/h2-5,8-10,13H,6-7,11H2,1H3. The Morgan fingerprint density at radius 1 is 0.966 bits per heavy atom. The Kier molecular flexibility index (Phi) is 5.51. The molecular formula is C20H17F6NO2. The highest BCUT2D eigenvalue weighted by molar-refractivity contribution is 5.95. The lowest BCUT2D eigenvalue weighted by Crippen LogP contribution is -2.29. The van der Waals surface area contributed by atoms with Crippen LogP contribution in [0, 0.1) is 0 Å². The van der Waals surface area contributed by atoms with Crippen molar-refractivity contribution < 1.29 is 35.9 Å². The summed E-state index contributed by atoms with van der Waals surface area (Å²) >= 11 is 0. The number of ether oxygens (including phenoxy) is 1. The first-order valence-electron chi connectivity index (χ1n) is 8.72. The first kappa shape index (κ1) is 21.0. The number of carbonyl (C=O) groups is 1. The molecule has 3 nitrogen and oxygen atoms in total. The molecule has 1 atom stereocenters. The predicted molar refractivity (Wildman–Crippen MR) is 92.7 cm³/mol. The minimum absolute atomic E-state index is 0.0148. The third-order valence-electron chi connectivity index (χ3n) is 4.90. The van der Waals surface area contributed by atoms with Gasteiger partial charge in [0, 0.05) is 24.6 Å². The molecule has 9 heteroatoms. The lowest BCUT2D eigenvalue weighted by molar-refractivity contribution is -0.143. The van der Waals surface area contributed by atoms with Gasteiger partial charge in [-0.3, -0.25) is 4.79 Å². The summed E-state index contributed by atoms with van der Waals surface area (Å²) in [7, 11) is 1.52. The topological polar surface area (TPSA) is 29.5 Å². The molecular weight excluding hydrogens is 400 g/mol. The second-order valence-corrected chi connectivity index (χ2v) is 6.80. The zero-order valence-corrected chi connectivity index (χ0v) is 15.3. The van der Waals surface area contributed by atoms with Crippen LogP contribution >= 0.6 is 0 Å². The van der Waals surface area contributed by atoms with E-state index in [2.05, 4.69) is 0 Å². The van der Waals surface area contributed by atoms with Crippen molar-refractivity contribution >= 4 is 5.91 Å². The van der Waals surface area contributed by atoms with Crippen molar-refractivity contribution in [2.45, 2.75) is 24.7 Å². The monoisotopic (exact) mass is 417 g/mol. The lowest BCUT2D eigenvalue weighted by Gasteiger charge is -2.19. The molecule has 1 amide bonds. The van der Waals surface area contributed by atoms with Gasteiger partial charge in [0.05, 0.1) is 18.2 Å². The number of benzene rings is 2. The fourth-order valence-electron chi connectivity index (χ4n) is 3.35. The fourth-order valence-corrected chi connectivity index (χ4v) is 3.35. The molecule has 1 aliphatic rings. The zero-order valence-electron chi connectivity index (χ0n) is 15.3. The molecule has 0 aromatic heterocycles. The van der Waals surface area contributed by atoms with Gasteiger partial charge in [0.2, 0.25) is 0 Å². The molecule has 0 saturated carbocycles. The van der Waals surface area contributed by atoms with E-state index in [1.54, 1.807) is 12.1 Å². The molecule has 1 fully saturated rings. The van der Waals surface area contributed by atoms with Gasteiger partial charge in [0.25, 0.3) is 5.91 Å². The van der Waals surface area contributed by atoms with Crippen LogP contribution in [0.2, 0.25) is 0 Å². The average molecular weight is 417 g/mol. The zero-order chi connectivity index (χ0) is 21.4. The predicted octanol–water partition coefficient (Wildman–Crippen LogP) is 5.36. The molecule has 0 N–H and O–H groups in total. The Morgan fingerprint density at radius 2 is 1.52 bits per heavy atom. The number of hydrogen-bond donors (Lipinski definition) is 0. The smallest absolute Gasteiger partial charge is 0.416 e. The van der Waals surface area contributed by atoms with Crippen LogP contribution in [0.25, 0.3) is 0 Å². The molecule has 1 heterocycles. The highest BCUT2D eigenvalue weighted by atomic mass is 19.4. The highest BCUT2D eigenvalue weighted by Crippen LogP contribution is 2.37. The number of methoxy groups -OCH3 is 1. The van der Waals surface area contributed by atoms with E-state index in [-0.39, 0.29) is 25.1 Å². The average Bonchev–Trinajstić information content (AvgIpc) is 3.16. The summed E-state index contributed by atoms with van der Waals surface area (Å²) < 4.78 is 83.2. The van der Waals surface area contributed by atoms with E-state index in [9.17, 15) is 31.1 Å². The number of nitrogens with zero attached hydrogens (tertiary/aromatic N) is 1. The van der Waals surface area contributed by atoms with Gasteiger partial charge in [-0.2, -0.15) is 26.3 Å². The minimum atomic E-state index is -4.99. The molecule has 3 rings (SSSR count). The van der Waals surface area contributed by atoms with Crippen molar-refractivity contribution in [3.8, 4) is 5.75 Å². The molecule has 1 saturated heterocycles. The summed E-state index contributed by atoms with van der Waals surface area (Å²) in [5.41, 5.74) is -2.70. The van der Waals surface area contributed by atoms with Gasteiger partial charge in [0.15, 0.2) is 0 Å². The third kappa shape index (κ3) is 4.65. The molecule has 156 valence electrons.